The van der Waals surface area contributed by atoms with Crippen molar-refractivity contribution < 1.29 is 48.6 Å². The highest BCUT2D eigenvalue weighted by atomic mass is 35.5. The molecular formula is C22H20ClFN8O9S2. The monoisotopic (exact) mass is 658 g/mol. The number of carboxylic acids is 1. The molecule has 1 aromatic heterocycles. The van der Waals surface area contributed by atoms with Gasteiger partial charge in [-0.15, -0.1) is 11.8 Å². The highest BCUT2D eigenvalue weighted by Crippen LogP contribution is 2.40. The molecule has 17 nitrogen and oxygen atoms in total. The van der Waals surface area contributed by atoms with Gasteiger partial charge in [-0.3, -0.25) is 19.3 Å². The minimum absolute atomic E-state index is 0.00350. The maximum absolute atomic E-state index is 12.9. The number of halogens is 2. The third-order valence-electron chi connectivity index (χ3n) is 5.66. The second kappa shape index (κ2) is 13.5. The first kappa shape index (κ1) is 31.3. The minimum atomic E-state index is -1.42. The van der Waals surface area contributed by atoms with Crippen LogP contribution in [-0.2, 0) is 24.1 Å². The Kier molecular flexibility index (Phi) is 9.83. The van der Waals surface area contributed by atoms with E-state index < -0.39 is 59.2 Å². The van der Waals surface area contributed by atoms with Crippen LogP contribution in [-0.4, -0.2) is 102 Å². The standard InChI is InChI=1S/C22H20ClFN8O9S2/c23-11-9(1-2-10(33)15(11)34)17(35)26-3-4-40-27-5-8-6-42-20-13(19(37)32(20)14(8)21(38)39)28-18(36)12(30-41-7-24)16-29-22(25)43-31-16/h1-2,5,13,20,33-34H,3-4,6-7H2,(H,26,35)(H,28,36)(H,38,39)(H2,25,29,31)/b27-5?,30-12-. The molecule has 0 bridgehead atoms. The number of amides is 3. The van der Waals surface area contributed by atoms with Crippen molar-refractivity contribution in [1.29, 1.82) is 0 Å². The Bertz CT molecular complexity index is 1550. The molecule has 1 aromatic carbocycles. The van der Waals surface area contributed by atoms with Crippen LogP contribution < -0.4 is 16.4 Å². The van der Waals surface area contributed by atoms with E-state index in [0.717, 1.165) is 40.5 Å². The Labute approximate surface area is 253 Å². The third kappa shape index (κ3) is 6.70. The zero-order valence-electron chi connectivity index (χ0n) is 21.4. The molecule has 2 aliphatic heterocycles. The van der Waals surface area contributed by atoms with E-state index in [-0.39, 0.29) is 51.7 Å². The number of carboxylic acid groups (broad SMARTS) is 1. The van der Waals surface area contributed by atoms with Crippen LogP contribution in [0.2, 0.25) is 5.02 Å². The summed E-state index contributed by atoms with van der Waals surface area (Å²) in [6.45, 7) is -1.53. The highest BCUT2D eigenvalue weighted by molar-refractivity contribution is 8.00. The Morgan fingerprint density at radius 3 is 2.74 bits per heavy atom. The van der Waals surface area contributed by atoms with Crippen LogP contribution in [0.4, 0.5) is 9.52 Å². The fourth-order valence-electron chi connectivity index (χ4n) is 3.74. The number of phenolic OH excluding ortho intramolecular Hbond substituents is 2. The number of rotatable bonds is 12. The number of anilines is 1. The number of alkyl halides is 1. The molecule has 3 heterocycles. The lowest BCUT2D eigenvalue weighted by atomic mass is 10.0. The Hall–Kier alpha value is -4.69. The zero-order valence-corrected chi connectivity index (χ0v) is 23.8. The Morgan fingerprint density at radius 2 is 2.07 bits per heavy atom. The molecule has 0 saturated carbocycles. The number of oxime groups is 2. The number of nitrogens with two attached hydrogens (primary N) is 1. The molecular weight excluding hydrogens is 639 g/mol. The fourth-order valence-corrected chi connectivity index (χ4v) is 5.72. The molecule has 3 amide bonds. The van der Waals surface area contributed by atoms with Gasteiger partial charge in [-0.25, -0.2) is 9.18 Å². The first-order valence-electron chi connectivity index (χ1n) is 11.8. The van der Waals surface area contributed by atoms with Crippen molar-refractivity contribution in [2.24, 2.45) is 10.3 Å². The van der Waals surface area contributed by atoms with E-state index in [9.17, 15) is 38.9 Å². The van der Waals surface area contributed by atoms with Gasteiger partial charge in [0, 0.05) is 22.9 Å². The number of aromatic nitrogens is 2. The Balaban J connectivity index is 1.35. The second-order valence-corrected chi connectivity index (χ2v) is 10.6. The molecule has 2 aromatic rings. The van der Waals surface area contributed by atoms with Crippen LogP contribution in [0.1, 0.15) is 16.2 Å². The number of hydrogen-bond donors (Lipinski definition) is 6. The number of carbonyl (C=O) groups is 4. The van der Waals surface area contributed by atoms with E-state index in [4.69, 9.17) is 22.2 Å². The largest absolute Gasteiger partial charge is 0.504 e. The van der Waals surface area contributed by atoms with Gasteiger partial charge < -0.3 is 41.4 Å². The van der Waals surface area contributed by atoms with Gasteiger partial charge in [0.05, 0.1) is 23.3 Å². The van der Waals surface area contributed by atoms with Crippen molar-refractivity contribution in [2.75, 3.05) is 31.5 Å². The van der Waals surface area contributed by atoms with E-state index in [2.05, 4.69) is 35.1 Å². The predicted octanol–water partition coefficient (Wildman–Crippen LogP) is 0.00360. The van der Waals surface area contributed by atoms with Crippen molar-refractivity contribution in [3.8, 4) is 11.5 Å². The van der Waals surface area contributed by atoms with Crippen LogP contribution in [0, 0.1) is 0 Å². The molecule has 1 saturated heterocycles. The molecule has 0 radical (unpaired) electrons. The number of aliphatic carboxylic acids is 1. The number of aromatic hydroxyl groups is 2. The van der Waals surface area contributed by atoms with Gasteiger partial charge in [0.25, 0.3) is 24.6 Å². The van der Waals surface area contributed by atoms with Crippen LogP contribution >= 0.6 is 34.9 Å². The number of nitrogens with zero attached hydrogens (tertiary/aromatic N) is 5. The van der Waals surface area contributed by atoms with Crippen molar-refractivity contribution in [1.82, 2.24) is 24.9 Å². The Morgan fingerprint density at radius 1 is 1.30 bits per heavy atom. The number of carbonyl (C=O) groups excluding carboxylic acids is 3. The normalized spacial score (nSPS) is 18.2. The van der Waals surface area contributed by atoms with Crippen molar-refractivity contribution >= 4 is 75.6 Å². The van der Waals surface area contributed by atoms with Gasteiger partial charge in [-0.1, -0.05) is 21.9 Å². The van der Waals surface area contributed by atoms with Gasteiger partial charge in [0.15, 0.2) is 16.6 Å². The van der Waals surface area contributed by atoms with Gasteiger partial charge in [-0.05, 0) is 12.1 Å². The lowest BCUT2D eigenvalue weighted by Crippen LogP contribution is -2.71. The zero-order chi connectivity index (χ0) is 31.3. The molecule has 0 spiro atoms. The summed E-state index contributed by atoms with van der Waals surface area (Å²) in [5.74, 6) is -5.09. The lowest BCUT2D eigenvalue weighted by molar-refractivity contribution is -0.150. The number of β-lactam (4-membered cyclic amide) rings is 1. The van der Waals surface area contributed by atoms with Crippen molar-refractivity contribution in [3.05, 3.63) is 39.8 Å². The average molecular weight is 659 g/mol. The average Bonchev–Trinajstić information content (AvgIpc) is 3.41. The summed E-state index contributed by atoms with van der Waals surface area (Å²) < 4.78 is 16.3. The van der Waals surface area contributed by atoms with Crippen LogP contribution in [0.15, 0.2) is 33.7 Å². The van der Waals surface area contributed by atoms with Gasteiger partial charge in [0.2, 0.25) is 11.5 Å². The van der Waals surface area contributed by atoms with E-state index in [1.165, 1.54) is 6.07 Å². The second-order valence-electron chi connectivity index (χ2n) is 8.29. The first-order valence-corrected chi connectivity index (χ1v) is 14.0. The van der Waals surface area contributed by atoms with Gasteiger partial charge >= 0.3 is 5.97 Å². The third-order valence-corrected chi connectivity index (χ3v) is 7.89. The summed E-state index contributed by atoms with van der Waals surface area (Å²) >= 11 is 7.73. The minimum Gasteiger partial charge on any atom is -0.504 e. The summed E-state index contributed by atoms with van der Waals surface area (Å²) in [4.78, 5) is 64.1. The SMILES string of the molecule is Nc1nc(/C(=N/OCF)C(=O)NC2C(=O)N3C(C(=O)O)=C(C=NOCCNC(=O)c4ccc(O)c(O)c4Cl)CSC23)ns1. The predicted molar refractivity (Wildman–Crippen MR) is 149 cm³/mol. The van der Waals surface area contributed by atoms with E-state index in [1.54, 1.807) is 0 Å². The number of phenols is 2. The number of benzene rings is 1. The number of fused-ring (bicyclic) bond motifs is 1. The molecule has 4 rings (SSSR count). The number of nitrogens with one attached hydrogen (secondary N) is 2. The van der Waals surface area contributed by atoms with E-state index in [0.29, 0.717) is 0 Å². The fraction of sp³-hybridized carbons (Fsp3) is 0.273. The summed E-state index contributed by atoms with van der Waals surface area (Å²) in [6, 6.07) is 1.16. The molecule has 0 aliphatic carbocycles. The molecule has 43 heavy (non-hydrogen) atoms. The maximum Gasteiger partial charge on any atom is 0.353 e. The molecule has 7 N–H and O–H groups in total. The molecule has 2 unspecified atom stereocenters. The maximum atomic E-state index is 12.9. The topological polar surface area (TPSA) is 251 Å². The molecule has 228 valence electrons. The van der Waals surface area contributed by atoms with Crippen molar-refractivity contribution in [3.63, 3.8) is 0 Å². The van der Waals surface area contributed by atoms with E-state index in [1.807, 2.05) is 0 Å². The van der Waals surface area contributed by atoms with Crippen LogP contribution in [0.5, 0.6) is 11.5 Å². The quantitative estimate of drug-likeness (QED) is 0.0578. The summed E-state index contributed by atoms with van der Waals surface area (Å²) in [5, 5.41) is 39.6. The van der Waals surface area contributed by atoms with Gasteiger partial charge in [0.1, 0.15) is 23.7 Å². The number of nitrogen functional groups attached to an aromatic ring is 1. The smallest absolute Gasteiger partial charge is 0.353 e. The number of hydrogen-bond acceptors (Lipinski definition) is 15. The number of thioether (sulfide) groups is 1. The summed E-state index contributed by atoms with van der Waals surface area (Å²) in [7, 11) is 0. The highest BCUT2D eigenvalue weighted by Gasteiger charge is 2.54. The summed E-state index contributed by atoms with van der Waals surface area (Å²) in [5.41, 5.74) is 4.68. The lowest BCUT2D eigenvalue weighted by Gasteiger charge is -2.49. The molecule has 2 aliphatic rings. The van der Waals surface area contributed by atoms with E-state index >= 15 is 0 Å². The summed E-state index contributed by atoms with van der Waals surface area (Å²) in [6.07, 6.45) is 1.11. The van der Waals surface area contributed by atoms with Crippen LogP contribution in [0.25, 0.3) is 0 Å². The molecule has 21 heteroatoms. The van der Waals surface area contributed by atoms with Crippen molar-refractivity contribution in [2.45, 2.75) is 11.4 Å². The first-order chi connectivity index (χ1) is 20.5. The molecule has 2 atom stereocenters. The molecule has 1 fully saturated rings. The van der Waals surface area contributed by atoms with Gasteiger partial charge in [-0.2, -0.15) is 9.36 Å². The van der Waals surface area contributed by atoms with Crippen LogP contribution in [0.3, 0.4) is 0 Å².